The second kappa shape index (κ2) is 14.7. The van der Waals surface area contributed by atoms with Gasteiger partial charge < -0.3 is 0 Å². The molecule has 0 spiro atoms. The van der Waals surface area contributed by atoms with Crippen molar-refractivity contribution in [2.75, 3.05) is 0 Å². The van der Waals surface area contributed by atoms with Gasteiger partial charge in [0.1, 0.15) is 0 Å². The van der Waals surface area contributed by atoms with Gasteiger partial charge in [0.25, 0.3) is 0 Å². The van der Waals surface area contributed by atoms with Crippen LogP contribution in [0.3, 0.4) is 0 Å². The molecule has 2 heterocycles. The Labute approximate surface area is 346 Å². The molecule has 0 unspecified atom stereocenters. The van der Waals surface area contributed by atoms with Crippen LogP contribution in [0.4, 0.5) is 0 Å². The standard InChI is InChI=1S/C56H38S2/c1-2-4-9-19-38(20-10-5-3-1)54-42-22-12-14-24-44(42)55(45-25-15-13-23-43(45)54)39-21-11-7-6-8-18-37(28-29-39)40-30-32-51-48(34-40)49-36-47-41(35-53(49)58-51)31-33-52-56(47)46-26-16-17-27-50(46)57-52/h1-2,4-18,20-36H,3,19H2/b2-1-,7-6?,8-6?,9-4-,10-5-,11-7?,18-8?,21-11?,29-28?,37-18?,37-28?,38-20+,39-21?,39-29?. The van der Waals surface area contributed by atoms with E-state index in [1.165, 1.54) is 106 Å². The second-order valence-electron chi connectivity index (χ2n) is 15.0. The van der Waals surface area contributed by atoms with Crippen LogP contribution in [0.5, 0.6) is 0 Å². The van der Waals surface area contributed by atoms with Crippen LogP contribution >= 0.6 is 22.7 Å². The first kappa shape index (κ1) is 34.7. The van der Waals surface area contributed by atoms with Gasteiger partial charge in [0, 0.05) is 40.3 Å². The molecule has 1 aliphatic carbocycles. The third kappa shape index (κ3) is 6.05. The van der Waals surface area contributed by atoms with Crippen LogP contribution in [0.1, 0.15) is 18.4 Å². The monoisotopic (exact) mass is 774 g/mol. The zero-order valence-electron chi connectivity index (χ0n) is 31.9. The second-order valence-corrected chi connectivity index (χ2v) is 17.2. The van der Waals surface area contributed by atoms with E-state index in [1.54, 1.807) is 0 Å². The summed E-state index contributed by atoms with van der Waals surface area (Å²) >= 11 is 3.78. The lowest BCUT2D eigenvalue weighted by atomic mass is 9.85. The van der Waals surface area contributed by atoms with Gasteiger partial charge in [-0.3, -0.25) is 0 Å². The van der Waals surface area contributed by atoms with E-state index in [2.05, 4.69) is 206 Å². The normalized spacial score (nSPS) is 15.8. The summed E-state index contributed by atoms with van der Waals surface area (Å²) in [6, 6.07) is 61.0. The molecule has 0 amide bonds. The number of hydrogen-bond donors (Lipinski definition) is 0. The molecule has 274 valence electrons. The molecule has 0 radical (unpaired) electrons. The zero-order valence-corrected chi connectivity index (χ0v) is 33.5. The molecule has 1 aliphatic rings. The molecule has 0 fully saturated rings. The van der Waals surface area contributed by atoms with Crippen LogP contribution in [-0.2, 0) is 0 Å². The molecule has 0 nitrogen and oxygen atoms in total. The number of thiophene rings is 2. The lowest BCUT2D eigenvalue weighted by Gasteiger charge is -2.18. The first-order chi connectivity index (χ1) is 28.8. The van der Waals surface area contributed by atoms with E-state index in [0.717, 1.165) is 12.8 Å². The summed E-state index contributed by atoms with van der Waals surface area (Å²) in [4.78, 5) is 0. The Kier molecular flexibility index (Phi) is 8.80. The van der Waals surface area contributed by atoms with Crippen LogP contribution in [0.15, 0.2) is 206 Å². The SMILES string of the molecule is C1=C\C/C=C\C=C(\c2c3ccccc3c(-c3ccccccc(-c4ccc5sc6cc7ccc8sc9ccccc9c8c7cc6c5c4)cc3)c3ccccc23)C\C=C/1. The van der Waals surface area contributed by atoms with Crippen molar-refractivity contribution < 1.29 is 0 Å². The van der Waals surface area contributed by atoms with Gasteiger partial charge >= 0.3 is 0 Å². The van der Waals surface area contributed by atoms with Crippen molar-refractivity contribution in [3.63, 3.8) is 0 Å². The highest BCUT2D eigenvalue weighted by molar-refractivity contribution is 7.26. The smallest absolute Gasteiger partial charge is 0.0361 e. The average molecular weight is 775 g/mol. The Hall–Kier alpha value is -6.58. The van der Waals surface area contributed by atoms with E-state index in [0.29, 0.717) is 0 Å². The molecule has 11 rings (SSSR count). The molecule has 10 aromatic rings. The number of hydrogen-bond acceptors (Lipinski definition) is 2. The zero-order chi connectivity index (χ0) is 38.4. The van der Waals surface area contributed by atoms with Crippen molar-refractivity contribution in [2.24, 2.45) is 0 Å². The largest absolute Gasteiger partial charge is 0.135 e. The molecule has 2 aromatic heterocycles. The van der Waals surface area contributed by atoms with Crippen molar-refractivity contribution in [3.05, 3.63) is 212 Å². The van der Waals surface area contributed by atoms with Crippen molar-refractivity contribution in [1.29, 1.82) is 0 Å². The lowest BCUT2D eigenvalue weighted by Crippen LogP contribution is -1.93. The van der Waals surface area contributed by atoms with Gasteiger partial charge in [-0.2, -0.15) is 0 Å². The Morgan fingerprint density at radius 3 is 1.74 bits per heavy atom. The molecule has 0 atom stereocenters. The molecular formula is C56H38S2. The number of rotatable bonds is 3. The Morgan fingerprint density at radius 1 is 0.345 bits per heavy atom. The summed E-state index contributed by atoms with van der Waals surface area (Å²) in [5, 5.41) is 13.1. The first-order valence-electron chi connectivity index (χ1n) is 20.0. The summed E-state index contributed by atoms with van der Waals surface area (Å²) in [5.74, 6) is 0. The highest BCUT2D eigenvalue weighted by Crippen LogP contribution is 2.45. The minimum atomic E-state index is 0.864. The fraction of sp³-hybridized carbons (Fsp3) is 0.0357. The van der Waals surface area contributed by atoms with Crippen LogP contribution in [-0.4, -0.2) is 0 Å². The maximum atomic E-state index is 2.46. The van der Waals surface area contributed by atoms with Gasteiger partial charge in [-0.1, -0.05) is 170 Å². The number of fused-ring (bicyclic) bond motifs is 10. The minimum absolute atomic E-state index is 0.864. The maximum Gasteiger partial charge on any atom is 0.0361 e. The molecule has 0 saturated heterocycles. The summed E-state index contributed by atoms with van der Waals surface area (Å²) in [6.07, 6.45) is 17.4. The highest BCUT2D eigenvalue weighted by atomic mass is 32.1. The van der Waals surface area contributed by atoms with Crippen LogP contribution in [0.2, 0.25) is 0 Å². The van der Waals surface area contributed by atoms with Crippen molar-refractivity contribution in [1.82, 2.24) is 0 Å². The van der Waals surface area contributed by atoms with Crippen molar-refractivity contribution >= 4 is 101 Å². The summed E-state index contributed by atoms with van der Waals surface area (Å²) < 4.78 is 5.34. The van der Waals surface area contributed by atoms with E-state index in [4.69, 9.17) is 0 Å². The molecule has 0 bridgehead atoms. The fourth-order valence-corrected chi connectivity index (χ4v) is 11.1. The summed E-state index contributed by atoms with van der Waals surface area (Å²) in [6.45, 7) is 0. The van der Waals surface area contributed by atoms with E-state index in [-0.39, 0.29) is 0 Å². The molecule has 8 aromatic carbocycles. The Balaban J connectivity index is 1.09. The average Bonchev–Trinajstić information content (AvgIpc) is 3.83. The predicted molar refractivity (Wildman–Crippen MR) is 258 cm³/mol. The quantitative estimate of drug-likeness (QED) is 0.157. The van der Waals surface area contributed by atoms with E-state index in [9.17, 15) is 0 Å². The molecule has 2 heteroatoms. The minimum Gasteiger partial charge on any atom is -0.135 e. The predicted octanol–water partition coefficient (Wildman–Crippen LogP) is 17.2. The van der Waals surface area contributed by atoms with E-state index in [1.807, 2.05) is 22.7 Å². The van der Waals surface area contributed by atoms with Gasteiger partial charge in [0.2, 0.25) is 0 Å². The van der Waals surface area contributed by atoms with Gasteiger partial charge in [-0.05, 0) is 115 Å². The van der Waals surface area contributed by atoms with Crippen LogP contribution in [0.25, 0.3) is 100 Å². The fourth-order valence-electron chi connectivity index (χ4n) is 8.90. The topological polar surface area (TPSA) is 0 Å². The van der Waals surface area contributed by atoms with Gasteiger partial charge in [-0.25, -0.2) is 0 Å². The number of benzene rings is 7. The molecule has 0 aliphatic heterocycles. The number of allylic oxidation sites excluding steroid dienone is 8. The summed E-state index contributed by atoms with van der Waals surface area (Å²) in [5.41, 5.74) is 7.46. The van der Waals surface area contributed by atoms with Crippen LogP contribution < -0.4 is 0 Å². The van der Waals surface area contributed by atoms with Gasteiger partial charge in [-0.15, -0.1) is 22.7 Å². The Bertz CT molecular complexity index is 3400. The highest BCUT2D eigenvalue weighted by Gasteiger charge is 2.17. The van der Waals surface area contributed by atoms with E-state index >= 15 is 0 Å². The summed E-state index contributed by atoms with van der Waals surface area (Å²) in [7, 11) is 0. The first-order valence-corrected chi connectivity index (χ1v) is 21.7. The Morgan fingerprint density at radius 2 is 0.931 bits per heavy atom. The molecule has 58 heavy (non-hydrogen) atoms. The molecule has 0 N–H and O–H groups in total. The van der Waals surface area contributed by atoms with Crippen molar-refractivity contribution in [2.45, 2.75) is 12.8 Å². The molecular weight excluding hydrogens is 737 g/mol. The van der Waals surface area contributed by atoms with E-state index < -0.39 is 0 Å². The lowest BCUT2D eigenvalue weighted by molar-refractivity contribution is 1.36. The maximum absolute atomic E-state index is 2.46. The van der Waals surface area contributed by atoms with Crippen molar-refractivity contribution in [3.8, 4) is 22.3 Å². The third-order valence-corrected chi connectivity index (χ3v) is 13.8. The van der Waals surface area contributed by atoms with Gasteiger partial charge in [0.15, 0.2) is 0 Å². The van der Waals surface area contributed by atoms with Crippen LogP contribution in [0, 0.1) is 0 Å². The molecule has 0 saturated carbocycles. The van der Waals surface area contributed by atoms with Gasteiger partial charge in [0.05, 0.1) is 0 Å². The third-order valence-electron chi connectivity index (χ3n) is 11.6.